The van der Waals surface area contributed by atoms with Crippen LogP contribution in [0.3, 0.4) is 0 Å². The van der Waals surface area contributed by atoms with Gasteiger partial charge in [-0.3, -0.25) is 4.79 Å². The molecule has 0 radical (unpaired) electrons. The summed E-state index contributed by atoms with van der Waals surface area (Å²) in [6, 6.07) is 8.40. The second kappa shape index (κ2) is 4.70. The summed E-state index contributed by atoms with van der Waals surface area (Å²) in [6.45, 7) is 1.74. The lowest BCUT2D eigenvalue weighted by atomic mass is 9.78. The molecule has 1 aliphatic carbocycles. The maximum atomic E-state index is 11.3. The van der Waals surface area contributed by atoms with Gasteiger partial charge in [0.05, 0.1) is 6.10 Å². The number of fused-ring (bicyclic) bond motifs is 7. The van der Waals surface area contributed by atoms with Gasteiger partial charge < -0.3 is 9.47 Å². The summed E-state index contributed by atoms with van der Waals surface area (Å²) in [7, 11) is 0. The maximum Gasteiger partial charge on any atom is 0.302 e. The molecule has 3 aliphatic rings. The highest BCUT2D eigenvalue weighted by molar-refractivity contribution is 5.66. The van der Waals surface area contributed by atoms with Gasteiger partial charge in [0.15, 0.2) is 0 Å². The van der Waals surface area contributed by atoms with E-state index in [2.05, 4.69) is 24.3 Å². The van der Waals surface area contributed by atoms with Gasteiger partial charge in [-0.2, -0.15) is 0 Å². The van der Waals surface area contributed by atoms with Crippen LogP contribution in [-0.4, -0.2) is 12.6 Å². The number of esters is 1. The van der Waals surface area contributed by atoms with Gasteiger partial charge in [0.25, 0.3) is 0 Å². The van der Waals surface area contributed by atoms with Crippen LogP contribution in [-0.2, 0) is 19.9 Å². The summed E-state index contributed by atoms with van der Waals surface area (Å²) < 4.78 is 11.8. The highest BCUT2D eigenvalue weighted by atomic mass is 16.6. The average molecular weight is 284 g/mol. The Morgan fingerprint density at radius 1 is 1.38 bits per heavy atom. The fourth-order valence-electron chi connectivity index (χ4n) is 4.15. The second-order valence-corrected chi connectivity index (χ2v) is 6.37. The van der Waals surface area contributed by atoms with Crippen LogP contribution in [0.25, 0.3) is 0 Å². The van der Waals surface area contributed by atoms with E-state index in [4.69, 9.17) is 9.47 Å². The Morgan fingerprint density at radius 3 is 3.10 bits per heavy atom. The predicted molar refractivity (Wildman–Crippen MR) is 78.6 cm³/mol. The summed E-state index contributed by atoms with van der Waals surface area (Å²) in [5.41, 5.74) is 3.40. The van der Waals surface area contributed by atoms with Crippen LogP contribution < -0.4 is 0 Å². The summed E-state index contributed by atoms with van der Waals surface area (Å²) >= 11 is 0. The van der Waals surface area contributed by atoms with Crippen LogP contribution in [0.4, 0.5) is 0 Å². The Bertz CT molecular complexity index is 619. The van der Waals surface area contributed by atoms with E-state index >= 15 is 0 Å². The van der Waals surface area contributed by atoms with Crippen molar-refractivity contribution in [2.24, 2.45) is 5.92 Å². The minimum atomic E-state index is -0.559. The van der Waals surface area contributed by atoms with Gasteiger partial charge in [0.1, 0.15) is 12.2 Å². The van der Waals surface area contributed by atoms with E-state index in [-0.39, 0.29) is 18.7 Å². The van der Waals surface area contributed by atoms with Crippen LogP contribution in [0, 0.1) is 5.92 Å². The first-order valence-electron chi connectivity index (χ1n) is 7.82. The zero-order valence-electron chi connectivity index (χ0n) is 12.3. The van der Waals surface area contributed by atoms with Crippen molar-refractivity contribution in [2.75, 3.05) is 6.61 Å². The van der Waals surface area contributed by atoms with Gasteiger partial charge in [0, 0.05) is 12.8 Å². The van der Waals surface area contributed by atoms with E-state index in [0.29, 0.717) is 5.92 Å². The zero-order valence-corrected chi connectivity index (χ0v) is 12.3. The molecule has 110 valence electrons. The number of rotatable bonds is 2. The molecule has 1 aromatic rings. The third-order valence-corrected chi connectivity index (χ3v) is 5.04. The molecule has 3 atom stereocenters. The molecular weight excluding hydrogens is 264 g/mol. The van der Waals surface area contributed by atoms with Gasteiger partial charge in [-0.05, 0) is 36.5 Å². The van der Waals surface area contributed by atoms with Crippen molar-refractivity contribution < 1.29 is 14.3 Å². The van der Waals surface area contributed by atoms with Crippen LogP contribution in [0.15, 0.2) is 35.9 Å². The number of carbonyl (C=O) groups excluding carboxylic acids is 1. The van der Waals surface area contributed by atoms with E-state index in [1.807, 2.05) is 6.07 Å². The molecule has 0 amide bonds. The van der Waals surface area contributed by atoms with Crippen molar-refractivity contribution in [1.29, 1.82) is 0 Å². The Kier molecular flexibility index (Phi) is 2.93. The summed E-state index contributed by atoms with van der Waals surface area (Å²) in [5.74, 6) is 0.255. The molecule has 21 heavy (non-hydrogen) atoms. The Hall–Kier alpha value is -1.61. The molecule has 0 saturated heterocycles. The molecule has 1 aromatic carbocycles. The molecule has 1 fully saturated rings. The van der Waals surface area contributed by atoms with E-state index in [1.165, 1.54) is 42.9 Å². The Balaban J connectivity index is 1.81. The number of ether oxygens (including phenoxy) is 2. The number of carbonyl (C=O) groups is 1. The van der Waals surface area contributed by atoms with Crippen molar-refractivity contribution in [1.82, 2.24) is 0 Å². The van der Waals surface area contributed by atoms with E-state index < -0.39 is 5.60 Å². The lowest BCUT2D eigenvalue weighted by Crippen LogP contribution is -2.36. The molecule has 0 aromatic heterocycles. The molecular formula is C18H20O3. The third kappa shape index (κ3) is 1.95. The number of benzene rings is 1. The van der Waals surface area contributed by atoms with E-state index in [9.17, 15) is 4.79 Å². The first kappa shape index (κ1) is 13.1. The minimum absolute atomic E-state index is 0.136. The topological polar surface area (TPSA) is 35.5 Å². The number of hydrogen-bond acceptors (Lipinski definition) is 3. The molecule has 3 nitrogen and oxygen atoms in total. The van der Waals surface area contributed by atoms with Crippen molar-refractivity contribution in [3.8, 4) is 0 Å². The van der Waals surface area contributed by atoms with Crippen LogP contribution in [0.2, 0.25) is 0 Å². The van der Waals surface area contributed by atoms with E-state index in [1.54, 1.807) is 0 Å². The Morgan fingerprint density at radius 2 is 2.24 bits per heavy atom. The van der Waals surface area contributed by atoms with Gasteiger partial charge in [-0.15, -0.1) is 0 Å². The molecule has 3 heteroatoms. The highest BCUT2D eigenvalue weighted by Gasteiger charge is 2.51. The fraction of sp³-hybridized carbons (Fsp3) is 0.500. The van der Waals surface area contributed by atoms with Crippen molar-refractivity contribution >= 4 is 5.97 Å². The normalized spacial score (nSPS) is 32.9. The number of hydrogen-bond donors (Lipinski definition) is 0. The van der Waals surface area contributed by atoms with Gasteiger partial charge in [-0.25, -0.2) is 0 Å². The molecule has 0 N–H and O–H groups in total. The van der Waals surface area contributed by atoms with Crippen molar-refractivity contribution in [2.45, 2.75) is 44.3 Å². The van der Waals surface area contributed by atoms with E-state index in [0.717, 1.165) is 6.42 Å². The standard InChI is InChI=1S/C18H20O3/c1-12(19)20-11-18-10-13-6-2-3-7-14(13)17(21-18)15-8-4-5-9-16(15)18/h4-5,8-10,14,17H,2-3,6-7,11H2,1H3/t14-,17+,18+/m1/s1. The SMILES string of the molecule is CC(=O)OC[C@]12C=C3CCCC[C@H]3[C@H](O1)c1ccccc12. The molecule has 0 unspecified atom stereocenters. The largest absolute Gasteiger partial charge is 0.462 e. The average Bonchev–Trinajstić information content (AvgIpc) is 2.77. The maximum absolute atomic E-state index is 11.3. The molecule has 4 rings (SSSR count). The molecule has 0 spiro atoms. The van der Waals surface area contributed by atoms with Crippen LogP contribution >= 0.6 is 0 Å². The monoisotopic (exact) mass is 284 g/mol. The smallest absolute Gasteiger partial charge is 0.302 e. The second-order valence-electron chi connectivity index (χ2n) is 6.37. The first-order valence-corrected chi connectivity index (χ1v) is 7.82. The Labute approximate surface area is 124 Å². The first-order chi connectivity index (χ1) is 10.2. The van der Waals surface area contributed by atoms with Gasteiger partial charge >= 0.3 is 5.97 Å². The van der Waals surface area contributed by atoms with Gasteiger partial charge in [-0.1, -0.05) is 36.3 Å². The van der Waals surface area contributed by atoms with Crippen molar-refractivity contribution in [3.05, 3.63) is 47.0 Å². The summed E-state index contributed by atoms with van der Waals surface area (Å²) in [6.07, 6.45) is 7.28. The quantitative estimate of drug-likeness (QED) is 0.614. The molecule has 2 aliphatic heterocycles. The highest BCUT2D eigenvalue weighted by Crippen LogP contribution is 2.56. The summed E-state index contributed by atoms with van der Waals surface area (Å²) in [5, 5.41) is 0. The lowest BCUT2D eigenvalue weighted by molar-refractivity contribution is -0.156. The van der Waals surface area contributed by atoms with Crippen LogP contribution in [0.5, 0.6) is 0 Å². The fourth-order valence-corrected chi connectivity index (χ4v) is 4.15. The zero-order chi connectivity index (χ0) is 14.4. The minimum Gasteiger partial charge on any atom is -0.462 e. The van der Waals surface area contributed by atoms with Gasteiger partial charge in [0.2, 0.25) is 0 Å². The molecule has 1 saturated carbocycles. The lowest BCUT2D eigenvalue weighted by Gasteiger charge is -2.39. The molecule has 2 heterocycles. The molecule has 2 bridgehead atoms. The van der Waals surface area contributed by atoms with Crippen LogP contribution in [0.1, 0.15) is 49.8 Å². The van der Waals surface area contributed by atoms with Crippen molar-refractivity contribution in [3.63, 3.8) is 0 Å². The predicted octanol–water partition coefficient (Wildman–Crippen LogP) is 3.65. The summed E-state index contributed by atoms with van der Waals surface area (Å²) in [4.78, 5) is 11.3. The third-order valence-electron chi connectivity index (χ3n) is 5.04.